The largest absolute Gasteiger partial charge is 0.493 e. The van der Waals surface area contributed by atoms with Crippen LogP contribution in [0.3, 0.4) is 0 Å². The number of ether oxygens (including phenoxy) is 3. The molecule has 1 saturated heterocycles. The van der Waals surface area contributed by atoms with Crippen molar-refractivity contribution in [3.8, 4) is 11.5 Å². The Balaban J connectivity index is 1.79. The van der Waals surface area contributed by atoms with E-state index in [0.29, 0.717) is 11.5 Å². The molecule has 1 fully saturated rings. The summed E-state index contributed by atoms with van der Waals surface area (Å²) in [5, 5.41) is 0. The molecule has 0 N–H and O–H groups in total. The molecule has 5 heteroatoms. The molecule has 2 rings (SSSR count). The lowest BCUT2D eigenvalue weighted by atomic mass is 10.1. The fourth-order valence-corrected chi connectivity index (χ4v) is 2.60. The number of benzene rings is 1. The van der Waals surface area contributed by atoms with Crippen molar-refractivity contribution in [3.63, 3.8) is 0 Å². The summed E-state index contributed by atoms with van der Waals surface area (Å²) in [6.07, 6.45) is 2.28. The molecule has 0 aromatic heterocycles. The minimum Gasteiger partial charge on any atom is -0.493 e. The Morgan fingerprint density at radius 2 is 1.86 bits per heavy atom. The van der Waals surface area contributed by atoms with Gasteiger partial charge < -0.3 is 19.1 Å². The Morgan fingerprint density at radius 1 is 1.23 bits per heavy atom. The topological polar surface area (TPSA) is 48.0 Å². The molecule has 0 aliphatic carbocycles. The maximum Gasteiger partial charge on any atom is 0.260 e. The summed E-state index contributed by atoms with van der Waals surface area (Å²) < 4.78 is 16.6. The van der Waals surface area contributed by atoms with Crippen LogP contribution in [0.5, 0.6) is 11.5 Å². The second-order valence-corrected chi connectivity index (χ2v) is 5.70. The van der Waals surface area contributed by atoms with Crippen LogP contribution in [0.25, 0.3) is 0 Å². The van der Waals surface area contributed by atoms with Crippen LogP contribution in [-0.4, -0.2) is 49.8 Å². The van der Waals surface area contributed by atoms with E-state index in [4.69, 9.17) is 14.2 Å². The molecule has 0 spiro atoms. The van der Waals surface area contributed by atoms with Crippen LogP contribution in [0.2, 0.25) is 0 Å². The molecular formula is C17H25NO4. The number of likely N-dealkylation sites (tertiary alicyclic amines) is 1. The third-order valence-corrected chi connectivity index (χ3v) is 3.68. The van der Waals surface area contributed by atoms with Crippen LogP contribution in [0.4, 0.5) is 0 Å². The number of hydrogen-bond donors (Lipinski definition) is 0. The van der Waals surface area contributed by atoms with Gasteiger partial charge >= 0.3 is 0 Å². The van der Waals surface area contributed by atoms with Gasteiger partial charge in [-0.15, -0.1) is 0 Å². The molecule has 0 unspecified atom stereocenters. The molecule has 1 amide bonds. The van der Waals surface area contributed by atoms with Gasteiger partial charge in [-0.2, -0.15) is 0 Å². The third kappa shape index (κ3) is 4.63. The number of hydrogen-bond acceptors (Lipinski definition) is 4. The number of carbonyl (C=O) groups excluding carboxylic acids is 1. The molecule has 1 aromatic carbocycles. The van der Waals surface area contributed by atoms with E-state index in [2.05, 4.69) is 0 Å². The van der Waals surface area contributed by atoms with Crippen molar-refractivity contribution in [2.24, 2.45) is 0 Å². The van der Waals surface area contributed by atoms with Gasteiger partial charge in [-0.05, 0) is 38.8 Å². The summed E-state index contributed by atoms with van der Waals surface area (Å²) >= 11 is 0. The van der Waals surface area contributed by atoms with Crippen LogP contribution in [-0.2, 0) is 9.53 Å². The monoisotopic (exact) mass is 307 g/mol. The van der Waals surface area contributed by atoms with E-state index >= 15 is 0 Å². The van der Waals surface area contributed by atoms with Gasteiger partial charge in [-0.3, -0.25) is 4.79 Å². The molecule has 22 heavy (non-hydrogen) atoms. The number of nitrogens with zero attached hydrogens (tertiary/aromatic N) is 1. The molecule has 0 saturated carbocycles. The average molecular weight is 307 g/mol. The van der Waals surface area contributed by atoms with Crippen molar-refractivity contribution in [1.82, 2.24) is 4.90 Å². The number of methoxy groups -OCH3 is 1. The zero-order chi connectivity index (χ0) is 15.9. The van der Waals surface area contributed by atoms with Crippen LogP contribution in [0.1, 0.15) is 26.7 Å². The third-order valence-electron chi connectivity index (χ3n) is 3.68. The molecule has 0 radical (unpaired) electrons. The van der Waals surface area contributed by atoms with E-state index in [1.807, 2.05) is 36.9 Å². The highest BCUT2D eigenvalue weighted by Crippen LogP contribution is 2.25. The fourth-order valence-electron chi connectivity index (χ4n) is 2.60. The summed E-state index contributed by atoms with van der Waals surface area (Å²) in [5.74, 6) is 1.24. The van der Waals surface area contributed by atoms with Gasteiger partial charge in [0, 0.05) is 13.1 Å². The SMILES string of the molecule is COc1ccccc1OCC(=O)N1CCC(OC(C)C)CC1. The highest BCUT2D eigenvalue weighted by molar-refractivity contribution is 5.78. The van der Waals surface area contributed by atoms with E-state index in [1.165, 1.54) is 0 Å². The molecule has 122 valence electrons. The first-order valence-corrected chi connectivity index (χ1v) is 7.79. The Labute approximate surface area is 132 Å². The first-order chi connectivity index (χ1) is 10.6. The normalized spacial score (nSPS) is 15.9. The standard InChI is InChI=1S/C17H25NO4/c1-13(2)22-14-8-10-18(11-9-14)17(19)12-21-16-7-5-4-6-15(16)20-3/h4-7,13-14H,8-12H2,1-3H3. The zero-order valence-electron chi connectivity index (χ0n) is 13.6. The van der Waals surface area contributed by atoms with Crippen molar-refractivity contribution in [3.05, 3.63) is 24.3 Å². The van der Waals surface area contributed by atoms with E-state index in [9.17, 15) is 4.79 Å². The predicted octanol–water partition coefficient (Wildman–Crippen LogP) is 2.49. The number of para-hydroxylation sites is 2. The van der Waals surface area contributed by atoms with Crippen molar-refractivity contribution in [2.45, 2.75) is 38.9 Å². The molecule has 0 atom stereocenters. The number of carbonyl (C=O) groups is 1. The lowest BCUT2D eigenvalue weighted by Gasteiger charge is -2.32. The molecule has 0 bridgehead atoms. The van der Waals surface area contributed by atoms with E-state index in [0.717, 1.165) is 25.9 Å². The molecule has 1 aliphatic rings. The minimum atomic E-state index is 0.00824. The van der Waals surface area contributed by atoms with Crippen molar-refractivity contribution < 1.29 is 19.0 Å². The molecule has 1 heterocycles. The minimum absolute atomic E-state index is 0.00824. The van der Waals surface area contributed by atoms with Gasteiger partial charge in [0.1, 0.15) is 0 Å². The first-order valence-electron chi connectivity index (χ1n) is 7.79. The maximum absolute atomic E-state index is 12.2. The van der Waals surface area contributed by atoms with Crippen LogP contribution >= 0.6 is 0 Å². The summed E-state index contributed by atoms with van der Waals surface area (Å²) in [6, 6.07) is 7.34. The van der Waals surface area contributed by atoms with Gasteiger partial charge in [0.2, 0.25) is 0 Å². The van der Waals surface area contributed by atoms with Crippen molar-refractivity contribution in [2.75, 3.05) is 26.8 Å². The van der Waals surface area contributed by atoms with Crippen LogP contribution in [0.15, 0.2) is 24.3 Å². The second kappa shape index (κ2) is 8.03. The smallest absolute Gasteiger partial charge is 0.260 e. The number of rotatable bonds is 6. The Morgan fingerprint density at radius 3 is 2.45 bits per heavy atom. The highest BCUT2D eigenvalue weighted by Gasteiger charge is 2.24. The average Bonchev–Trinajstić information content (AvgIpc) is 2.53. The van der Waals surface area contributed by atoms with Gasteiger partial charge in [-0.1, -0.05) is 12.1 Å². The number of amides is 1. The summed E-state index contributed by atoms with van der Waals surface area (Å²) in [4.78, 5) is 14.1. The Hall–Kier alpha value is -1.75. The summed E-state index contributed by atoms with van der Waals surface area (Å²) in [6.45, 7) is 5.57. The van der Waals surface area contributed by atoms with Gasteiger partial charge in [0.15, 0.2) is 18.1 Å². The quantitative estimate of drug-likeness (QED) is 0.810. The second-order valence-electron chi connectivity index (χ2n) is 5.70. The first kappa shape index (κ1) is 16.6. The van der Waals surface area contributed by atoms with E-state index in [1.54, 1.807) is 13.2 Å². The van der Waals surface area contributed by atoms with Crippen molar-refractivity contribution >= 4 is 5.91 Å². The number of piperidine rings is 1. The van der Waals surface area contributed by atoms with Gasteiger partial charge in [-0.25, -0.2) is 0 Å². The van der Waals surface area contributed by atoms with Crippen LogP contribution in [0, 0.1) is 0 Å². The lowest BCUT2D eigenvalue weighted by Crippen LogP contribution is -2.43. The molecule has 1 aromatic rings. The van der Waals surface area contributed by atoms with E-state index < -0.39 is 0 Å². The van der Waals surface area contributed by atoms with Gasteiger partial charge in [0.05, 0.1) is 19.3 Å². The van der Waals surface area contributed by atoms with E-state index in [-0.39, 0.29) is 24.7 Å². The highest BCUT2D eigenvalue weighted by atomic mass is 16.5. The Kier molecular flexibility index (Phi) is 6.07. The summed E-state index contributed by atoms with van der Waals surface area (Å²) in [5.41, 5.74) is 0. The molecule has 1 aliphatic heterocycles. The predicted molar refractivity (Wildman–Crippen MR) is 84.3 cm³/mol. The summed E-state index contributed by atoms with van der Waals surface area (Å²) in [7, 11) is 1.59. The fraction of sp³-hybridized carbons (Fsp3) is 0.588. The zero-order valence-corrected chi connectivity index (χ0v) is 13.6. The van der Waals surface area contributed by atoms with Crippen molar-refractivity contribution in [1.29, 1.82) is 0 Å². The molecular weight excluding hydrogens is 282 g/mol. The molecule has 5 nitrogen and oxygen atoms in total. The van der Waals surface area contributed by atoms with Gasteiger partial charge in [0.25, 0.3) is 5.91 Å². The van der Waals surface area contributed by atoms with Crippen LogP contribution < -0.4 is 9.47 Å². The lowest BCUT2D eigenvalue weighted by molar-refractivity contribution is -0.136. The Bertz CT molecular complexity index is 481. The maximum atomic E-state index is 12.2.